The normalized spacial score (nSPS) is 25.2. The molecule has 1 amide bonds. The molecule has 2 aliphatic heterocycles. The number of nitrogens with zero attached hydrogens (tertiary/aromatic N) is 2. The van der Waals surface area contributed by atoms with Crippen LogP contribution in [-0.2, 0) is 22.6 Å². The Kier molecular flexibility index (Phi) is 5.00. The predicted octanol–water partition coefficient (Wildman–Crippen LogP) is 2.30. The Morgan fingerprint density at radius 3 is 2.96 bits per heavy atom. The number of carbonyl (C=O) groups excluding carboxylic acids is 1. The first-order valence-corrected chi connectivity index (χ1v) is 9.28. The Balaban J connectivity index is 1.35. The summed E-state index contributed by atoms with van der Waals surface area (Å²) < 4.78 is 6.07. The third kappa shape index (κ3) is 3.79. The predicted molar refractivity (Wildman–Crippen MR) is 99.3 cm³/mol. The molecule has 0 unspecified atom stereocenters. The van der Waals surface area contributed by atoms with Gasteiger partial charge in [0.25, 0.3) is 0 Å². The fraction of sp³-hybridized carbons (Fsp3) is 0.429. The van der Waals surface area contributed by atoms with E-state index in [2.05, 4.69) is 46.4 Å². The average Bonchev–Trinajstić information content (AvgIpc) is 2.97. The van der Waals surface area contributed by atoms with E-state index in [-0.39, 0.29) is 24.0 Å². The maximum atomic E-state index is 12.7. The van der Waals surface area contributed by atoms with E-state index in [1.807, 2.05) is 12.1 Å². The largest absolute Gasteiger partial charge is 0.371 e. The zero-order chi connectivity index (χ0) is 17.9. The molecule has 5 nitrogen and oxygen atoms in total. The summed E-state index contributed by atoms with van der Waals surface area (Å²) in [5.41, 5.74) is 3.69. The van der Waals surface area contributed by atoms with Gasteiger partial charge in [-0.3, -0.25) is 14.7 Å². The van der Waals surface area contributed by atoms with Crippen molar-refractivity contribution in [3.63, 3.8) is 0 Å². The van der Waals surface area contributed by atoms with Crippen molar-refractivity contribution in [2.75, 3.05) is 13.1 Å². The number of aromatic nitrogens is 1. The molecule has 0 aliphatic carbocycles. The lowest BCUT2D eigenvalue weighted by Crippen LogP contribution is -2.45. The summed E-state index contributed by atoms with van der Waals surface area (Å²) in [6.45, 7) is 5.31. The third-order valence-electron chi connectivity index (χ3n) is 5.41. The SMILES string of the molecule is Cc1ccccc1CN1C[C@H]2C[C@@H](C(=O)NCc3cccnc3)[C@@H](C1)O2. The highest BCUT2D eigenvalue weighted by Crippen LogP contribution is 2.33. The molecule has 2 fully saturated rings. The number of amides is 1. The van der Waals surface area contributed by atoms with Gasteiger partial charge in [-0.05, 0) is 36.1 Å². The van der Waals surface area contributed by atoms with Crippen LogP contribution in [0.2, 0.25) is 0 Å². The first kappa shape index (κ1) is 17.2. The molecule has 1 aromatic carbocycles. The van der Waals surface area contributed by atoms with Gasteiger partial charge in [-0.1, -0.05) is 30.3 Å². The van der Waals surface area contributed by atoms with E-state index in [4.69, 9.17) is 4.74 Å². The van der Waals surface area contributed by atoms with Crippen LogP contribution in [0.1, 0.15) is 23.1 Å². The highest BCUT2D eigenvalue weighted by atomic mass is 16.5. The number of fused-ring (bicyclic) bond motifs is 2. The van der Waals surface area contributed by atoms with E-state index in [1.165, 1.54) is 11.1 Å². The zero-order valence-corrected chi connectivity index (χ0v) is 15.1. The second-order valence-corrected chi connectivity index (χ2v) is 7.34. The summed E-state index contributed by atoms with van der Waals surface area (Å²) in [6, 6.07) is 12.4. The number of aryl methyl sites for hydroxylation is 1. The Morgan fingerprint density at radius 1 is 1.27 bits per heavy atom. The van der Waals surface area contributed by atoms with Crippen molar-refractivity contribution >= 4 is 5.91 Å². The van der Waals surface area contributed by atoms with Crippen LogP contribution in [0.4, 0.5) is 0 Å². The van der Waals surface area contributed by atoms with Crippen LogP contribution in [0.5, 0.6) is 0 Å². The molecule has 0 spiro atoms. The van der Waals surface area contributed by atoms with Crippen LogP contribution in [-0.4, -0.2) is 41.1 Å². The van der Waals surface area contributed by atoms with E-state index < -0.39 is 0 Å². The molecule has 2 aliphatic rings. The van der Waals surface area contributed by atoms with Gasteiger partial charge in [0.1, 0.15) is 0 Å². The Hall–Kier alpha value is -2.24. The number of benzene rings is 1. The molecular weight excluding hydrogens is 326 g/mol. The van der Waals surface area contributed by atoms with Gasteiger partial charge in [0, 0.05) is 38.6 Å². The van der Waals surface area contributed by atoms with Crippen molar-refractivity contribution in [1.82, 2.24) is 15.2 Å². The van der Waals surface area contributed by atoms with E-state index in [1.54, 1.807) is 12.4 Å². The lowest BCUT2D eigenvalue weighted by Gasteiger charge is -2.33. The third-order valence-corrected chi connectivity index (χ3v) is 5.41. The summed E-state index contributed by atoms with van der Waals surface area (Å²) in [7, 11) is 0. The van der Waals surface area contributed by atoms with Gasteiger partial charge in [-0.2, -0.15) is 0 Å². The number of hydrogen-bond acceptors (Lipinski definition) is 4. The number of pyridine rings is 1. The molecule has 5 heteroatoms. The maximum absolute atomic E-state index is 12.7. The molecule has 3 atom stereocenters. The van der Waals surface area contributed by atoms with Crippen LogP contribution >= 0.6 is 0 Å². The number of morpholine rings is 1. The molecule has 26 heavy (non-hydrogen) atoms. The minimum absolute atomic E-state index is 0.00772. The van der Waals surface area contributed by atoms with Crippen LogP contribution in [0.15, 0.2) is 48.8 Å². The number of nitrogens with one attached hydrogen (secondary N) is 1. The summed E-state index contributed by atoms with van der Waals surface area (Å²) in [6.07, 6.45) is 4.49. The van der Waals surface area contributed by atoms with E-state index in [0.29, 0.717) is 6.54 Å². The van der Waals surface area contributed by atoms with E-state index >= 15 is 0 Å². The van der Waals surface area contributed by atoms with Crippen LogP contribution in [0, 0.1) is 12.8 Å². The van der Waals surface area contributed by atoms with Crippen LogP contribution in [0.25, 0.3) is 0 Å². The van der Waals surface area contributed by atoms with Crippen molar-refractivity contribution in [3.05, 3.63) is 65.5 Å². The average molecular weight is 351 g/mol. The van der Waals surface area contributed by atoms with Crippen molar-refractivity contribution in [2.24, 2.45) is 5.92 Å². The van der Waals surface area contributed by atoms with Gasteiger partial charge in [0.05, 0.1) is 18.1 Å². The quantitative estimate of drug-likeness (QED) is 0.898. The Bertz CT molecular complexity index is 765. The van der Waals surface area contributed by atoms with Crippen molar-refractivity contribution in [2.45, 2.75) is 38.6 Å². The maximum Gasteiger partial charge on any atom is 0.226 e. The molecule has 1 aromatic heterocycles. The number of hydrogen-bond donors (Lipinski definition) is 1. The standard InChI is InChI=1S/C21H25N3O2/c1-15-5-2-3-7-17(15)12-24-13-18-9-19(20(14-24)26-18)21(25)23-11-16-6-4-8-22-10-16/h2-8,10,18-20H,9,11-14H2,1H3,(H,23,25)/t18-,19-,20-/m1/s1. The number of ether oxygens (including phenoxy) is 1. The molecule has 2 saturated heterocycles. The summed E-state index contributed by atoms with van der Waals surface area (Å²) in [5.74, 6) is 0.0395. The van der Waals surface area contributed by atoms with Crippen molar-refractivity contribution in [3.8, 4) is 0 Å². The lowest BCUT2D eigenvalue weighted by molar-refractivity contribution is -0.128. The fourth-order valence-corrected chi connectivity index (χ4v) is 3.99. The molecule has 4 rings (SSSR count). The topological polar surface area (TPSA) is 54.5 Å². The summed E-state index contributed by atoms with van der Waals surface area (Å²) in [4.78, 5) is 19.2. The Morgan fingerprint density at radius 2 is 2.15 bits per heavy atom. The van der Waals surface area contributed by atoms with E-state index in [9.17, 15) is 4.79 Å². The Labute approximate surface area is 154 Å². The fourth-order valence-electron chi connectivity index (χ4n) is 3.99. The van der Waals surface area contributed by atoms with Gasteiger partial charge < -0.3 is 10.1 Å². The molecule has 0 saturated carbocycles. The number of carbonyl (C=O) groups is 1. The monoisotopic (exact) mass is 351 g/mol. The van der Waals surface area contributed by atoms with Crippen molar-refractivity contribution in [1.29, 1.82) is 0 Å². The minimum Gasteiger partial charge on any atom is -0.371 e. The van der Waals surface area contributed by atoms with Gasteiger partial charge in [0.15, 0.2) is 0 Å². The molecule has 1 N–H and O–H groups in total. The van der Waals surface area contributed by atoms with Crippen LogP contribution in [0.3, 0.4) is 0 Å². The van der Waals surface area contributed by atoms with Gasteiger partial charge >= 0.3 is 0 Å². The molecular formula is C21H25N3O2. The molecule has 2 aromatic rings. The van der Waals surface area contributed by atoms with Gasteiger partial charge in [-0.25, -0.2) is 0 Å². The summed E-state index contributed by atoms with van der Waals surface area (Å²) in [5, 5.41) is 3.05. The lowest BCUT2D eigenvalue weighted by atomic mass is 9.99. The van der Waals surface area contributed by atoms with Crippen LogP contribution < -0.4 is 5.32 Å². The molecule has 3 heterocycles. The van der Waals surface area contributed by atoms with Gasteiger partial charge in [0.2, 0.25) is 5.91 Å². The minimum atomic E-state index is -0.0569. The van der Waals surface area contributed by atoms with Gasteiger partial charge in [-0.15, -0.1) is 0 Å². The highest BCUT2D eigenvalue weighted by molar-refractivity contribution is 5.79. The molecule has 2 bridgehead atoms. The number of likely N-dealkylation sites (tertiary alicyclic amines) is 1. The highest BCUT2D eigenvalue weighted by Gasteiger charge is 2.44. The second-order valence-electron chi connectivity index (χ2n) is 7.34. The van der Waals surface area contributed by atoms with Crippen molar-refractivity contribution < 1.29 is 9.53 Å². The number of rotatable bonds is 5. The zero-order valence-electron chi connectivity index (χ0n) is 15.1. The molecule has 0 radical (unpaired) electrons. The second kappa shape index (κ2) is 7.56. The first-order chi connectivity index (χ1) is 12.7. The first-order valence-electron chi connectivity index (χ1n) is 9.28. The smallest absolute Gasteiger partial charge is 0.226 e. The van der Waals surface area contributed by atoms with E-state index in [0.717, 1.165) is 31.6 Å². The molecule has 136 valence electrons. The summed E-state index contributed by atoms with van der Waals surface area (Å²) >= 11 is 0.